The lowest BCUT2D eigenvalue weighted by Crippen LogP contribution is -2.09. The van der Waals surface area contributed by atoms with E-state index in [-0.39, 0.29) is 0 Å². The lowest BCUT2D eigenvalue weighted by Gasteiger charge is -2.25. The molecule has 0 aliphatic carbocycles. The molecule has 0 aliphatic heterocycles. The van der Waals surface area contributed by atoms with E-state index in [1.165, 1.54) is 0 Å². The lowest BCUT2D eigenvalue weighted by molar-refractivity contribution is 1.28. The minimum atomic E-state index is 1.13. The molecular weight excluding hydrogens is 278 g/mol. The van der Waals surface area contributed by atoms with E-state index in [1.807, 2.05) is 18.2 Å². The van der Waals surface area contributed by atoms with E-state index in [2.05, 4.69) is 90.4 Å². The van der Waals surface area contributed by atoms with E-state index in [0.717, 1.165) is 22.6 Å². The highest BCUT2D eigenvalue weighted by molar-refractivity contribution is 5.77. The molecule has 0 spiro atoms. The Bertz CT molecular complexity index is 749. The van der Waals surface area contributed by atoms with Crippen molar-refractivity contribution in [3.05, 3.63) is 109 Å². The molecule has 0 amide bonds. The van der Waals surface area contributed by atoms with Crippen LogP contribution < -0.4 is 4.90 Å². The molecule has 0 aliphatic rings. The van der Waals surface area contributed by atoms with Crippen molar-refractivity contribution in [2.75, 3.05) is 4.90 Å². The average Bonchev–Trinajstić information content (AvgIpc) is 2.62. The Morgan fingerprint density at radius 1 is 0.652 bits per heavy atom. The van der Waals surface area contributed by atoms with Gasteiger partial charge in [-0.1, -0.05) is 73.3 Å². The van der Waals surface area contributed by atoms with Crippen LogP contribution in [0.1, 0.15) is 5.56 Å². The van der Waals surface area contributed by atoms with Gasteiger partial charge in [0.2, 0.25) is 0 Å². The van der Waals surface area contributed by atoms with Crippen LogP contribution in [0.4, 0.5) is 17.1 Å². The standard InChI is InChI=1S/C22H19N/c1-2-3-11-19-12-10-17-22(18-19)23(20-13-6-4-7-14-20)21-15-8-5-9-16-21/h2-18H,1H2/b11-3+. The van der Waals surface area contributed by atoms with Crippen molar-refractivity contribution in [2.24, 2.45) is 0 Å². The molecule has 23 heavy (non-hydrogen) atoms. The molecule has 0 saturated carbocycles. The summed E-state index contributed by atoms with van der Waals surface area (Å²) in [6, 6.07) is 29.3. The van der Waals surface area contributed by atoms with Crippen LogP contribution in [0.25, 0.3) is 6.08 Å². The zero-order chi connectivity index (χ0) is 15.9. The maximum atomic E-state index is 3.73. The molecule has 1 nitrogen and oxygen atoms in total. The van der Waals surface area contributed by atoms with Crippen LogP contribution in [-0.4, -0.2) is 0 Å². The van der Waals surface area contributed by atoms with Gasteiger partial charge in [-0.05, 0) is 42.0 Å². The zero-order valence-electron chi connectivity index (χ0n) is 13.0. The summed E-state index contributed by atoms with van der Waals surface area (Å²) in [4.78, 5) is 2.26. The maximum Gasteiger partial charge on any atom is 0.0467 e. The second-order valence-electron chi connectivity index (χ2n) is 5.20. The molecule has 0 fully saturated rings. The van der Waals surface area contributed by atoms with Gasteiger partial charge < -0.3 is 4.90 Å². The van der Waals surface area contributed by atoms with E-state index in [9.17, 15) is 0 Å². The number of allylic oxidation sites excluding steroid dienone is 2. The van der Waals surface area contributed by atoms with Crippen LogP contribution in [0, 0.1) is 0 Å². The third kappa shape index (κ3) is 3.58. The minimum Gasteiger partial charge on any atom is -0.310 e. The first-order chi connectivity index (χ1) is 11.4. The van der Waals surface area contributed by atoms with Crippen molar-refractivity contribution >= 4 is 23.1 Å². The molecule has 3 aromatic rings. The van der Waals surface area contributed by atoms with Crippen molar-refractivity contribution in [2.45, 2.75) is 0 Å². The molecule has 0 radical (unpaired) electrons. The van der Waals surface area contributed by atoms with Gasteiger partial charge in [-0.15, -0.1) is 0 Å². The lowest BCUT2D eigenvalue weighted by atomic mass is 10.1. The van der Waals surface area contributed by atoms with Crippen LogP contribution in [0.3, 0.4) is 0 Å². The summed E-state index contributed by atoms with van der Waals surface area (Å²) >= 11 is 0. The number of nitrogens with zero attached hydrogens (tertiary/aromatic N) is 1. The maximum absolute atomic E-state index is 3.73. The fourth-order valence-electron chi connectivity index (χ4n) is 2.55. The van der Waals surface area contributed by atoms with E-state index in [1.54, 1.807) is 6.08 Å². The van der Waals surface area contributed by atoms with Crippen molar-refractivity contribution in [1.82, 2.24) is 0 Å². The van der Waals surface area contributed by atoms with Gasteiger partial charge in [0, 0.05) is 17.1 Å². The molecule has 112 valence electrons. The largest absolute Gasteiger partial charge is 0.310 e. The van der Waals surface area contributed by atoms with Gasteiger partial charge in [-0.2, -0.15) is 0 Å². The SMILES string of the molecule is C=C/C=C/c1cccc(N(c2ccccc2)c2ccccc2)c1. The molecule has 3 aromatic carbocycles. The molecule has 0 aromatic heterocycles. The Balaban J connectivity index is 2.09. The molecule has 0 N–H and O–H groups in total. The van der Waals surface area contributed by atoms with Gasteiger partial charge in [0.15, 0.2) is 0 Å². The monoisotopic (exact) mass is 297 g/mol. The molecule has 1 heteroatoms. The summed E-state index contributed by atoms with van der Waals surface area (Å²) in [5, 5.41) is 0. The third-order valence-electron chi connectivity index (χ3n) is 3.58. The highest BCUT2D eigenvalue weighted by atomic mass is 15.1. The minimum absolute atomic E-state index is 1.13. The smallest absolute Gasteiger partial charge is 0.0467 e. The first-order valence-electron chi connectivity index (χ1n) is 7.68. The van der Waals surface area contributed by atoms with Gasteiger partial charge in [0.1, 0.15) is 0 Å². The van der Waals surface area contributed by atoms with Crippen LogP contribution in [-0.2, 0) is 0 Å². The first-order valence-corrected chi connectivity index (χ1v) is 7.68. The van der Waals surface area contributed by atoms with Gasteiger partial charge in [-0.3, -0.25) is 0 Å². The number of hydrogen-bond donors (Lipinski definition) is 0. The quantitative estimate of drug-likeness (QED) is 0.495. The average molecular weight is 297 g/mol. The normalized spacial score (nSPS) is 10.6. The third-order valence-corrected chi connectivity index (χ3v) is 3.58. The fraction of sp³-hybridized carbons (Fsp3) is 0. The van der Waals surface area contributed by atoms with Crippen LogP contribution in [0.5, 0.6) is 0 Å². The van der Waals surface area contributed by atoms with Gasteiger partial charge in [0.05, 0.1) is 0 Å². The Labute approximate surface area is 137 Å². The Hall–Kier alpha value is -3.06. The van der Waals surface area contributed by atoms with Gasteiger partial charge in [0.25, 0.3) is 0 Å². The summed E-state index contributed by atoms with van der Waals surface area (Å²) in [6.45, 7) is 3.73. The molecule has 0 saturated heterocycles. The summed E-state index contributed by atoms with van der Waals surface area (Å²) in [5.41, 5.74) is 4.57. The van der Waals surface area contributed by atoms with E-state index in [4.69, 9.17) is 0 Å². The Kier molecular flexibility index (Phi) is 4.70. The van der Waals surface area contributed by atoms with Crippen LogP contribution in [0.2, 0.25) is 0 Å². The number of para-hydroxylation sites is 2. The predicted molar refractivity (Wildman–Crippen MR) is 100 cm³/mol. The van der Waals surface area contributed by atoms with Crippen molar-refractivity contribution in [1.29, 1.82) is 0 Å². The van der Waals surface area contributed by atoms with Gasteiger partial charge in [-0.25, -0.2) is 0 Å². The molecule has 3 rings (SSSR count). The van der Waals surface area contributed by atoms with E-state index in [0.29, 0.717) is 0 Å². The molecular formula is C22H19N. The molecule has 0 bridgehead atoms. The molecule has 0 unspecified atom stereocenters. The summed E-state index contributed by atoms with van der Waals surface area (Å²) < 4.78 is 0. The number of rotatable bonds is 5. The van der Waals surface area contributed by atoms with E-state index >= 15 is 0 Å². The highest BCUT2D eigenvalue weighted by Crippen LogP contribution is 2.34. The van der Waals surface area contributed by atoms with Crippen molar-refractivity contribution in [3.63, 3.8) is 0 Å². The highest BCUT2D eigenvalue weighted by Gasteiger charge is 2.11. The summed E-state index contributed by atoms with van der Waals surface area (Å²) in [5.74, 6) is 0. The topological polar surface area (TPSA) is 3.24 Å². The van der Waals surface area contributed by atoms with Crippen molar-refractivity contribution in [3.8, 4) is 0 Å². The number of anilines is 3. The predicted octanol–water partition coefficient (Wildman–Crippen LogP) is 6.36. The van der Waals surface area contributed by atoms with Crippen LogP contribution >= 0.6 is 0 Å². The zero-order valence-corrected chi connectivity index (χ0v) is 13.0. The summed E-state index contributed by atoms with van der Waals surface area (Å²) in [6.07, 6.45) is 5.80. The Morgan fingerprint density at radius 3 is 1.78 bits per heavy atom. The Morgan fingerprint density at radius 2 is 1.22 bits per heavy atom. The second kappa shape index (κ2) is 7.28. The second-order valence-corrected chi connectivity index (χ2v) is 5.20. The van der Waals surface area contributed by atoms with Crippen LogP contribution in [0.15, 0.2) is 104 Å². The number of benzene rings is 3. The molecule has 0 heterocycles. The van der Waals surface area contributed by atoms with Gasteiger partial charge >= 0.3 is 0 Å². The van der Waals surface area contributed by atoms with Crippen molar-refractivity contribution < 1.29 is 0 Å². The molecule has 0 atom stereocenters. The van der Waals surface area contributed by atoms with E-state index < -0.39 is 0 Å². The number of hydrogen-bond acceptors (Lipinski definition) is 1. The first kappa shape index (κ1) is 14.9. The summed E-state index contributed by atoms with van der Waals surface area (Å²) in [7, 11) is 0. The fourth-order valence-corrected chi connectivity index (χ4v) is 2.55.